The van der Waals surface area contributed by atoms with Gasteiger partial charge in [-0.3, -0.25) is 0 Å². The highest BCUT2D eigenvalue weighted by atomic mass is 17.3. The molecule has 3 heteroatoms. The van der Waals surface area contributed by atoms with Crippen molar-refractivity contribution in [2.75, 3.05) is 0 Å². The topological polar surface area (TPSA) is 27.7 Å². The summed E-state index contributed by atoms with van der Waals surface area (Å²) in [6, 6.07) is 10.5. The summed E-state index contributed by atoms with van der Waals surface area (Å²) in [5.41, 5.74) is 1.34. The average Bonchev–Trinajstić information content (AvgIpc) is 2.53. The van der Waals surface area contributed by atoms with Gasteiger partial charge in [-0.2, -0.15) is 4.89 Å². The van der Waals surface area contributed by atoms with E-state index in [9.17, 15) is 0 Å². The molecule has 0 aromatic heterocycles. The minimum atomic E-state index is -0.552. The molecule has 2 saturated heterocycles. The molecule has 15 heavy (non-hydrogen) atoms. The molecule has 2 aliphatic rings. The van der Waals surface area contributed by atoms with Crippen LogP contribution in [0.3, 0.4) is 0 Å². The Morgan fingerprint density at radius 2 is 2.07 bits per heavy atom. The molecule has 3 nitrogen and oxygen atoms in total. The van der Waals surface area contributed by atoms with Crippen LogP contribution in [0, 0.1) is 0 Å². The monoisotopic (exact) mass is 206 g/mol. The van der Waals surface area contributed by atoms with Gasteiger partial charge in [0.05, 0.1) is 0 Å². The molecular weight excluding hydrogens is 192 g/mol. The highest BCUT2D eigenvalue weighted by Gasteiger charge is 2.47. The molecule has 0 spiro atoms. The summed E-state index contributed by atoms with van der Waals surface area (Å²) in [6.45, 7) is 1.93. The van der Waals surface area contributed by atoms with E-state index in [1.165, 1.54) is 5.56 Å². The maximum absolute atomic E-state index is 5.59. The molecule has 1 aromatic carbocycles. The second kappa shape index (κ2) is 3.30. The second-order valence-corrected chi connectivity index (χ2v) is 4.41. The van der Waals surface area contributed by atoms with E-state index in [4.69, 9.17) is 14.5 Å². The van der Waals surface area contributed by atoms with E-state index in [1.54, 1.807) is 0 Å². The van der Waals surface area contributed by atoms with E-state index in [2.05, 4.69) is 24.3 Å². The summed E-state index contributed by atoms with van der Waals surface area (Å²) in [6.07, 6.45) is 1.53. The Morgan fingerprint density at radius 1 is 1.27 bits per heavy atom. The van der Waals surface area contributed by atoms with E-state index in [0.717, 1.165) is 12.8 Å². The largest absolute Gasteiger partial charge is 0.315 e. The van der Waals surface area contributed by atoms with Crippen LogP contribution in [0.1, 0.15) is 31.2 Å². The number of hydrogen-bond donors (Lipinski definition) is 0. The van der Waals surface area contributed by atoms with E-state index in [0.29, 0.717) is 5.92 Å². The van der Waals surface area contributed by atoms with Gasteiger partial charge in [-0.15, -0.1) is 0 Å². The fraction of sp³-hybridized carbons (Fsp3) is 0.500. The molecule has 2 heterocycles. The van der Waals surface area contributed by atoms with Crippen LogP contribution in [0.15, 0.2) is 30.3 Å². The van der Waals surface area contributed by atoms with Crippen LogP contribution in [-0.4, -0.2) is 12.1 Å². The van der Waals surface area contributed by atoms with E-state index >= 15 is 0 Å². The van der Waals surface area contributed by atoms with Crippen molar-refractivity contribution in [1.29, 1.82) is 0 Å². The zero-order valence-electron chi connectivity index (χ0n) is 8.68. The lowest BCUT2D eigenvalue weighted by atomic mass is 9.87. The van der Waals surface area contributed by atoms with Gasteiger partial charge in [0.25, 0.3) is 0 Å². The van der Waals surface area contributed by atoms with Crippen LogP contribution < -0.4 is 0 Å². The van der Waals surface area contributed by atoms with Gasteiger partial charge in [-0.05, 0) is 18.4 Å². The Labute approximate surface area is 88.9 Å². The Morgan fingerprint density at radius 3 is 2.80 bits per heavy atom. The molecule has 2 fully saturated rings. The van der Waals surface area contributed by atoms with Crippen LogP contribution in [0.4, 0.5) is 0 Å². The Balaban J connectivity index is 1.85. The third-order valence-corrected chi connectivity index (χ3v) is 3.08. The van der Waals surface area contributed by atoms with Gasteiger partial charge in [-0.25, -0.2) is 4.89 Å². The molecule has 0 N–H and O–H groups in total. The van der Waals surface area contributed by atoms with Crippen molar-refractivity contribution in [2.24, 2.45) is 0 Å². The molecule has 1 aromatic rings. The molecule has 3 rings (SSSR count). The number of fused-ring (bicyclic) bond motifs is 2. The van der Waals surface area contributed by atoms with Crippen molar-refractivity contribution in [3.63, 3.8) is 0 Å². The molecular formula is C12H14O3. The molecule has 0 radical (unpaired) electrons. The van der Waals surface area contributed by atoms with Gasteiger partial charge >= 0.3 is 0 Å². The maximum Gasteiger partial charge on any atom is 0.202 e. The van der Waals surface area contributed by atoms with Gasteiger partial charge in [0.1, 0.15) is 0 Å². The van der Waals surface area contributed by atoms with Crippen LogP contribution in [0.25, 0.3) is 0 Å². The van der Waals surface area contributed by atoms with Gasteiger partial charge in [0, 0.05) is 12.8 Å². The predicted octanol–water partition coefficient (Wildman–Crippen LogP) is 2.58. The standard InChI is InChI=1S/C12H14O3/c1-12-8-10(7-11(13-12)14-15-12)9-5-3-2-4-6-9/h2-6,10-11H,7-8H2,1H3/t10-,11-,12+/m1/s1. The Hall–Kier alpha value is -0.900. The number of hydrogen-bond acceptors (Lipinski definition) is 3. The van der Waals surface area contributed by atoms with Crippen LogP contribution >= 0.6 is 0 Å². The normalized spacial score (nSPS) is 39.3. The molecule has 2 aliphatic heterocycles. The molecule has 0 saturated carbocycles. The lowest BCUT2D eigenvalue weighted by Gasteiger charge is -2.30. The minimum absolute atomic E-state index is 0.200. The summed E-state index contributed by atoms with van der Waals surface area (Å²) >= 11 is 0. The quantitative estimate of drug-likeness (QED) is 0.661. The first kappa shape index (κ1) is 9.33. The van der Waals surface area contributed by atoms with Gasteiger partial charge in [0.15, 0.2) is 6.29 Å². The summed E-state index contributed by atoms with van der Waals surface area (Å²) in [5.74, 6) is -0.0823. The van der Waals surface area contributed by atoms with E-state index in [-0.39, 0.29) is 6.29 Å². The average molecular weight is 206 g/mol. The molecule has 0 aliphatic carbocycles. The Bertz CT molecular complexity index is 351. The smallest absolute Gasteiger partial charge is 0.202 e. The lowest BCUT2D eigenvalue weighted by Crippen LogP contribution is -2.34. The zero-order chi connectivity index (χ0) is 10.3. The second-order valence-electron chi connectivity index (χ2n) is 4.41. The molecule has 80 valence electrons. The Kier molecular flexibility index (Phi) is 2.06. The van der Waals surface area contributed by atoms with Crippen molar-refractivity contribution >= 4 is 0 Å². The number of rotatable bonds is 1. The summed E-state index contributed by atoms with van der Waals surface area (Å²) in [5, 5.41) is 0. The van der Waals surface area contributed by atoms with Gasteiger partial charge < -0.3 is 4.74 Å². The first-order chi connectivity index (χ1) is 7.25. The van der Waals surface area contributed by atoms with Gasteiger partial charge in [-0.1, -0.05) is 30.3 Å². The summed E-state index contributed by atoms with van der Waals surface area (Å²) < 4.78 is 5.59. The van der Waals surface area contributed by atoms with Crippen molar-refractivity contribution in [3.8, 4) is 0 Å². The fourth-order valence-electron chi connectivity index (χ4n) is 2.38. The minimum Gasteiger partial charge on any atom is -0.315 e. The molecule has 3 atom stereocenters. The van der Waals surface area contributed by atoms with Crippen molar-refractivity contribution < 1.29 is 14.5 Å². The first-order valence-electron chi connectivity index (χ1n) is 5.32. The van der Waals surface area contributed by atoms with Gasteiger partial charge in [0.2, 0.25) is 5.79 Å². The maximum atomic E-state index is 5.59. The highest BCUT2D eigenvalue weighted by Crippen LogP contribution is 2.44. The molecule has 2 bridgehead atoms. The van der Waals surface area contributed by atoms with Crippen molar-refractivity contribution in [1.82, 2.24) is 0 Å². The number of ether oxygens (including phenoxy) is 1. The third-order valence-electron chi connectivity index (χ3n) is 3.08. The fourth-order valence-corrected chi connectivity index (χ4v) is 2.38. The van der Waals surface area contributed by atoms with E-state index in [1.807, 2.05) is 13.0 Å². The SMILES string of the molecule is C[C@@]12C[C@H](c3ccccc3)C[C@@H](OO1)O2. The van der Waals surface area contributed by atoms with Crippen LogP contribution in [0.2, 0.25) is 0 Å². The molecule has 0 amide bonds. The van der Waals surface area contributed by atoms with Crippen LogP contribution in [0.5, 0.6) is 0 Å². The lowest BCUT2D eigenvalue weighted by molar-refractivity contribution is -0.320. The van der Waals surface area contributed by atoms with Crippen molar-refractivity contribution in [2.45, 2.75) is 37.8 Å². The highest BCUT2D eigenvalue weighted by molar-refractivity contribution is 5.20. The predicted molar refractivity (Wildman–Crippen MR) is 53.9 cm³/mol. The van der Waals surface area contributed by atoms with E-state index < -0.39 is 5.79 Å². The first-order valence-corrected chi connectivity index (χ1v) is 5.32. The molecule has 0 unspecified atom stereocenters. The number of benzene rings is 1. The van der Waals surface area contributed by atoms with Crippen LogP contribution in [-0.2, 0) is 14.5 Å². The third kappa shape index (κ3) is 1.67. The summed E-state index contributed by atoms with van der Waals surface area (Å²) in [7, 11) is 0. The zero-order valence-corrected chi connectivity index (χ0v) is 8.68. The summed E-state index contributed by atoms with van der Waals surface area (Å²) in [4.78, 5) is 10.3. The van der Waals surface area contributed by atoms with Crippen molar-refractivity contribution in [3.05, 3.63) is 35.9 Å².